The average Bonchev–Trinajstić information content (AvgIpc) is 3.43. The predicted molar refractivity (Wildman–Crippen MR) is 291 cm³/mol. The molecule has 3 aliphatic heterocycles. The molecule has 17 atom stereocenters. The van der Waals surface area contributed by atoms with Gasteiger partial charge in [-0.1, -0.05) is 177 Å². The predicted octanol–water partition coefficient (Wildman–Crippen LogP) is 4.48. The summed E-state index contributed by atoms with van der Waals surface area (Å²) in [5, 5.41) is 120. The molecule has 17 unspecified atom stereocenters. The highest BCUT2D eigenvalue weighted by molar-refractivity contribution is 5.76. The minimum atomic E-state index is -1.99. The fourth-order valence-corrected chi connectivity index (χ4v) is 9.55. The molecule has 3 fully saturated rings. The van der Waals surface area contributed by atoms with E-state index in [-0.39, 0.29) is 18.9 Å². The van der Waals surface area contributed by atoms with Crippen molar-refractivity contribution >= 4 is 5.91 Å². The van der Waals surface area contributed by atoms with Gasteiger partial charge in [0.1, 0.15) is 73.2 Å². The molecule has 0 radical (unpaired) electrons. The molecule has 3 saturated heterocycles. The number of aliphatic hydroxyl groups excluding tert-OH is 11. The molecule has 0 saturated carbocycles. The van der Waals surface area contributed by atoms with Crippen molar-refractivity contribution in [3.63, 3.8) is 0 Å². The molecule has 3 aliphatic rings. The summed E-state index contributed by atoms with van der Waals surface area (Å²) >= 11 is 0. The molecule has 0 aliphatic carbocycles. The van der Waals surface area contributed by atoms with Crippen molar-refractivity contribution in [2.24, 2.45) is 0 Å². The molecule has 0 spiro atoms. The molecule has 19 nitrogen and oxygen atoms in total. The SMILES string of the molecule is CC/C=C\C/C=C\C/C=C\C/C=C\CCC(=O)NC(COC1OC(CO)C(OC2OC(CO)C(OC3OC(CO)C(O)C(O)C3O)C(O)C2O)C(O)C1O)C(O)/C=C/CCCCCCCCCCCCCCCCCCC. The first-order chi connectivity index (χ1) is 37.3. The van der Waals surface area contributed by atoms with Gasteiger partial charge in [0.05, 0.1) is 38.6 Å². The highest BCUT2D eigenvalue weighted by Crippen LogP contribution is 2.33. The van der Waals surface area contributed by atoms with Crippen molar-refractivity contribution < 1.29 is 89.4 Å². The molecular formula is C58H101NO18. The number of aliphatic hydroxyl groups is 11. The van der Waals surface area contributed by atoms with Gasteiger partial charge in [-0.25, -0.2) is 0 Å². The number of allylic oxidation sites excluding steroid dienone is 9. The number of ether oxygens (including phenoxy) is 6. The van der Waals surface area contributed by atoms with Crippen molar-refractivity contribution in [3.8, 4) is 0 Å². The summed E-state index contributed by atoms with van der Waals surface area (Å²) < 4.78 is 34.1. The van der Waals surface area contributed by atoms with Crippen LogP contribution in [0.2, 0.25) is 0 Å². The number of carbonyl (C=O) groups excluding carboxylic acids is 1. The van der Waals surface area contributed by atoms with Crippen molar-refractivity contribution in [1.82, 2.24) is 5.32 Å². The van der Waals surface area contributed by atoms with E-state index in [0.717, 1.165) is 44.9 Å². The van der Waals surface area contributed by atoms with E-state index in [2.05, 4.69) is 55.6 Å². The standard InChI is InChI=1S/C58H101NO18/c1-3-5-7-9-11-13-15-17-18-19-20-21-22-24-25-27-29-31-33-35-42(63)41(59-46(64)36-34-32-30-28-26-23-16-14-12-10-8-6-4-2)40-72-56-52(70)49(67)54(44(38-61)74-56)77-58-53(71)50(68)55(45(39-62)75-58)76-57-51(69)48(66)47(65)43(37-60)73-57/h6,8,12,14,23,26,30,32-33,35,41-45,47-58,60-63,65-71H,3-5,7,9-11,13,15-22,24-25,27-29,31,34,36-40H2,1-2H3,(H,59,64)/b8-6-,14-12-,26-23-,32-30-,35-33+. The van der Waals surface area contributed by atoms with Crippen LogP contribution in [-0.4, -0.2) is 193 Å². The number of carbonyl (C=O) groups is 1. The highest BCUT2D eigenvalue weighted by Gasteiger charge is 2.53. The van der Waals surface area contributed by atoms with E-state index < -0.39 is 124 Å². The van der Waals surface area contributed by atoms with E-state index in [1.165, 1.54) is 89.9 Å². The summed E-state index contributed by atoms with van der Waals surface area (Å²) in [5.74, 6) is -0.358. The van der Waals surface area contributed by atoms with Gasteiger partial charge in [0.25, 0.3) is 0 Å². The molecule has 12 N–H and O–H groups in total. The van der Waals surface area contributed by atoms with Crippen molar-refractivity contribution in [1.29, 1.82) is 0 Å². The fraction of sp³-hybridized carbons (Fsp3) is 0.810. The third-order valence-electron chi connectivity index (χ3n) is 14.3. The smallest absolute Gasteiger partial charge is 0.220 e. The summed E-state index contributed by atoms with van der Waals surface area (Å²) in [6, 6.07) is -1.01. The zero-order valence-corrected chi connectivity index (χ0v) is 46.2. The molecule has 0 aromatic rings. The Hall–Kier alpha value is -2.51. The van der Waals surface area contributed by atoms with Gasteiger partial charge < -0.3 is 89.9 Å². The lowest BCUT2D eigenvalue weighted by molar-refractivity contribution is -0.379. The van der Waals surface area contributed by atoms with Gasteiger partial charge in [0, 0.05) is 6.42 Å². The van der Waals surface area contributed by atoms with Crippen molar-refractivity contribution in [2.75, 3.05) is 26.4 Å². The number of amides is 1. The largest absolute Gasteiger partial charge is 0.394 e. The van der Waals surface area contributed by atoms with Crippen LogP contribution in [0.5, 0.6) is 0 Å². The Kier molecular flexibility index (Phi) is 37.0. The molecule has 77 heavy (non-hydrogen) atoms. The second-order valence-electron chi connectivity index (χ2n) is 20.7. The maximum atomic E-state index is 13.2. The third kappa shape index (κ3) is 25.9. The van der Waals surface area contributed by atoms with Gasteiger partial charge in [0.15, 0.2) is 18.9 Å². The van der Waals surface area contributed by atoms with E-state index >= 15 is 0 Å². The highest BCUT2D eigenvalue weighted by atomic mass is 16.8. The Morgan fingerprint density at radius 2 is 0.896 bits per heavy atom. The Morgan fingerprint density at radius 3 is 1.38 bits per heavy atom. The topological polar surface area (TPSA) is 307 Å². The monoisotopic (exact) mass is 1100 g/mol. The lowest BCUT2D eigenvalue weighted by Crippen LogP contribution is -2.66. The minimum absolute atomic E-state index is 0.120. The summed E-state index contributed by atoms with van der Waals surface area (Å²) in [6.07, 6.45) is 19.4. The van der Waals surface area contributed by atoms with Crippen LogP contribution in [0.4, 0.5) is 0 Å². The lowest BCUT2D eigenvalue weighted by Gasteiger charge is -2.48. The van der Waals surface area contributed by atoms with Crippen LogP contribution in [0.3, 0.4) is 0 Å². The van der Waals surface area contributed by atoms with E-state index in [1.807, 2.05) is 18.2 Å². The van der Waals surface area contributed by atoms with Gasteiger partial charge >= 0.3 is 0 Å². The Morgan fingerprint density at radius 1 is 0.481 bits per heavy atom. The minimum Gasteiger partial charge on any atom is -0.394 e. The van der Waals surface area contributed by atoms with E-state index in [4.69, 9.17) is 28.4 Å². The zero-order valence-electron chi connectivity index (χ0n) is 46.2. The van der Waals surface area contributed by atoms with Gasteiger partial charge in [-0.3, -0.25) is 4.79 Å². The molecule has 3 rings (SSSR count). The summed E-state index contributed by atoms with van der Waals surface area (Å²) in [7, 11) is 0. The molecule has 1 amide bonds. The first-order valence-electron chi connectivity index (χ1n) is 29.0. The van der Waals surface area contributed by atoms with Crippen LogP contribution in [0.15, 0.2) is 60.8 Å². The molecule has 0 aromatic carbocycles. The first-order valence-corrected chi connectivity index (χ1v) is 29.0. The Bertz CT molecular complexity index is 1650. The van der Waals surface area contributed by atoms with Crippen LogP contribution in [0, 0.1) is 0 Å². The molecule has 0 bridgehead atoms. The Labute approximate surface area is 458 Å². The van der Waals surface area contributed by atoms with Gasteiger partial charge in [-0.05, 0) is 44.9 Å². The molecule has 19 heteroatoms. The number of nitrogens with one attached hydrogen (secondary N) is 1. The van der Waals surface area contributed by atoms with Gasteiger partial charge in [-0.15, -0.1) is 0 Å². The van der Waals surface area contributed by atoms with Crippen LogP contribution in [0.1, 0.15) is 168 Å². The fourth-order valence-electron chi connectivity index (χ4n) is 9.55. The second kappa shape index (κ2) is 41.5. The molecule has 446 valence electrons. The normalized spacial score (nSPS) is 31.2. The number of unbranched alkanes of at least 4 members (excludes halogenated alkanes) is 17. The maximum Gasteiger partial charge on any atom is 0.220 e. The van der Waals surface area contributed by atoms with E-state index in [9.17, 15) is 61.0 Å². The second-order valence-corrected chi connectivity index (χ2v) is 20.7. The van der Waals surface area contributed by atoms with Crippen LogP contribution in [0.25, 0.3) is 0 Å². The average molecular weight is 1100 g/mol. The summed E-state index contributed by atoms with van der Waals surface area (Å²) in [6.45, 7) is 1.53. The Balaban J connectivity index is 1.53. The third-order valence-corrected chi connectivity index (χ3v) is 14.3. The summed E-state index contributed by atoms with van der Waals surface area (Å²) in [5.41, 5.74) is 0. The number of hydrogen-bond acceptors (Lipinski definition) is 18. The number of rotatable bonds is 41. The first kappa shape index (κ1) is 68.8. The van der Waals surface area contributed by atoms with Crippen molar-refractivity contribution in [2.45, 2.75) is 272 Å². The maximum absolute atomic E-state index is 13.2. The molecule has 3 heterocycles. The number of hydrogen-bond donors (Lipinski definition) is 12. The lowest BCUT2D eigenvalue weighted by atomic mass is 9.96. The van der Waals surface area contributed by atoms with Gasteiger partial charge in [0.2, 0.25) is 5.91 Å². The quantitative estimate of drug-likeness (QED) is 0.0297. The van der Waals surface area contributed by atoms with E-state index in [1.54, 1.807) is 6.08 Å². The zero-order chi connectivity index (χ0) is 56.2. The summed E-state index contributed by atoms with van der Waals surface area (Å²) in [4.78, 5) is 13.2. The van der Waals surface area contributed by atoms with Gasteiger partial charge in [-0.2, -0.15) is 0 Å². The molecular weight excluding hydrogens is 999 g/mol. The van der Waals surface area contributed by atoms with Crippen LogP contribution in [-0.2, 0) is 33.2 Å². The van der Waals surface area contributed by atoms with Crippen LogP contribution >= 0.6 is 0 Å². The van der Waals surface area contributed by atoms with E-state index in [0.29, 0.717) is 12.8 Å². The molecule has 0 aromatic heterocycles. The van der Waals surface area contributed by atoms with Crippen LogP contribution < -0.4 is 5.32 Å². The van der Waals surface area contributed by atoms with Crippen molar-refractivity contribution in [3.05, 3.63) is 60.8 Å².